The molecule has 0 saturated heterocycles. The van der Waals surface area contributed by atoms with Crippen LogP contribution in [0.4, 0.5) is 35.1 Å². The molecule has 0 bridgehead atoms. The van der Waals surface area contributed by atoms with E-state index in [1.807, 2.05) is 0 Å². The fourth-order valence-electron chi connectivity index (χ4n) is 5.87. The monoisotopic (exact) mass is 704 g/mol. The van der Waals surface area contributed by atoms with Crippen molar-refractivity contribution in [2.75, 3.05) is 0 Å². The van der Waals surface area contributed by atoms with Crippen LogP contribution in [0.5, 0.6) is 0 Å². The maximum Gasteiger partial charge on any atom is 0.433 e. The van der Waals surface area contributed by atoms with E-state index in [0.29, 0.717) is 12.1 Å². The van der Waals surface area contributed by atoms with Crippen molar-refractivity contribution in [3.05, 3.63) is 103 Å². The third kappa shape index (κ3) is 5.20. The first-order chi connectivity index (χ1) is 24.6. The molecule has 0 saturated carbocycles. The molecule has 0 radical (unpaired) electrons. The number of hydrogen-bond acceptors (Lipinski definition) is 10. The molecule has 5 rings (SSSR count). The molecule has 0 amide bonds. The quantitative estimate of drug-likeness (QED) is 0.151. The van der Waals surface area contributed by atoms with E-state index in [9.17, 15) is 77.2 Å². The second-order valence-corrected chi connectivity index (χ2v) is 10.3. The van der Waals surface area contributed by atoms with Crippen LogP contribution in [0, 0.1) is 103 Å². The molecule has 2 heterocycles. The van der Waals surface area contributed by atoms with Gasteiger partial charge >= 0.3 is 12.4 Å². The van der Waals surface area contributed by atoms with Gasteiger partial charge in [0, 0.05) is 56.7 Å². The van der Waals surface area contributed by atoms with E-state index in [-0.39, 0.29) is 12.1 Å². The van der Waals surface area contributed by atoms with E-state index in [1.165, 1.54) is 24.3 Å². The van der Waals surface area contributed by atoms with Gasteiger partial charge in [-0.2, -0.15) is 77.2 Å². The number of hydrogen-bond donors (Lipinski definition) is 0. The lowest BCUT2D eigenvalue weighted by atomic mass is 9.82. The van der Waals surface area contributed by atoms with E-state index in [4.69, 9.17) is 0 Å². The van der Waals surface area contributed by atoms with Crippen molar-refractivity contribution in [2.24, 2.45) is 0 Å². The van der Waals surface area contributed by atoms with Gasteiger partial charge in [-0.3, -0.25) is 0 Å². The van der Waals surface area contributed by atoms with Gasteiger partial charge < -0.3 is 0 Å². The van der Waals surface area contributed by atoms with Gasteiger partial charge in [0.15, 0.2) is 0 Å². The number of nitriles is 8. The van der Waals surface area contributed by atoms with Gasteiger partial charge in [-0.1, -0.05) is 0 Å². The summed E-state index contributed by atoms with van der Waals surface area (Å²) in [4.78, 5) is 5.56. The van der Waals surface area contributed by atoms with Crippen LogP contribution in [0.15, 0.2) is 35.4 Å². The summed E-state index contributed by atoms with van der Waals surface area (Å²) in [6.45, 7) is 0. The normalized spacial score (nSPS) is 13.0. The van der Waals surface area contributed by atoms with Crippen molar-refractivity contribution in [1.29, 1.82) is 42.1 Å². The van der Waals surface area contributed by atoms with Crippen molar-refractivity contribution >= 4 is 33.4 Å². The first-order valence-electron chi connectivity index (χ1n) is 13.5. The third-order valence-corrected chi connectivity index (χ3v) is 7.64. The summed E-state index contributed by atoms with van der Waals surface area (Å²) in [5.74, 6) is -3.49. The Hall–Kier alpha value is -8.16. The molecule has 0 N–H and O–H groups in total. The summed E-state index contributed by atoms with van der Waals surface area (Å²) in [7, 11) is 0. The van der Waals surface area contributed by atoms with E-state index in [1.54, 1.807) is 24.3 Å². The Morgan fingerprint density at radius 2 is 0.808 bits per heavy atom. The van der Waals surface area contributed by atoms with E-state index < -0.39 is 125 Å². The van der Waals surface area contributed by atoms with Crippen molar-refractivity contribution in [1.82, 2.24) is 9.97 Å². The summed E-state index contributed by atoms with van der Waals surface area (Å²) in [6, 6.07) is 13.6. The Morgan fingerprint density at radius 1 is 0.481 bits per heavy atom. The first kappa shape index (κ1) is 35.2. The Balaban J connectivity index is 2.10. The van der Waals surface area contributed by atoms with Crippen LogP contribution in [0.3, 0.4) is 0 Å². The van der Waals surface area contributed by atoms with Crippen molar-refractivity contribution < 1.29 is 35.1 Å². The van der Waals surface area contributed by atoms with Gasteiger partial charge in [0.1, 0.15) is 71.1 Å². The van der Waals surface area contributed by atoms with Gasteiger partial charge in [0.25, 0.3) is 0 Å². The van der Waals surface area contributed by atoms with Crippen molar-refractivity contribution in [3.8, 4) is 48.6 Å². The van der Waals surface area contributed by atoms with Crippen molar-refractivity contribution in [3.63, 3.8) is 0 Å². The van der Waals surface area contributed by atoms with E-state index in [2.05, 4.69) is 9.97 Å². The second-order valence-electron chi connectivity index (χ2n) is 10.3. The summed E-state index contributed by atoms with van der Waals surface area (Å²) in [5.41, 5.74) is -16.4. The van der Waals surface area contributed by atoms with Crippen LogP contribution in [0.1, 0.15) is 55.9 Å². The minimum atomic E-state index is -5.28. The predicted molar refractivity (Wildman–Crippen MR) is 155 cm³/mol. The maximum absolute atomic E-state index is 14.6. The SMILES string of the molecule is N#CC(C#N)=C1C(c2cc(F)nc(C(F)(F)F)c2)=C(C#N)c2c(C#N)c3c(c(C#N)c21)C(C#N)=C(c1cc(F)nc(C(F)(F)F)c1)C3=C(C#N)C#N. The Morgan fingerprint density at radius 3 is 1.06 bits per heavy atom. The summed E-state index contributed by atoms with van der Waals surface area (Å²) in [5, 5.41) is 81.6. The van der Waals surface area contributed by atoms with Crippen LogP contribution in [-0.4, -0.2) is 9.97 Å². The average molecular weight is 704 g/mol. The highest BCUT2D eigenvalue weighted by Gasteiger charge is 2.45. The van der Waals surface area contributed by atoms with Gasteiger partial charge in [0.2, 0.25) is 11.9 Å². The summed E-state index contributed by atoms with van der Waals surface area (Å²) < 4.78 is 112. The number of nitrogens with zero attached hydrogens (tertiary/aromatic N) is 10. The smallest absolute Gasteiger partial charge is 0.215 e. The molecule has 0 unspecified atom stereocenters. The minimum Gasteiger partial charge on any atom is -0.215 e. The number of rotatable bonds is 2. The summed E-state index contributed by atoms with van der Waals surface area (Å²) in [6.07, 6.45) is -10.6. The molecular weight excluding hydrogens is 700 g/mol. The number of fused-ring (bicyclic) bond motifs is 2. The zero-order valence-electron chi connectivity index (χ0n) is 24.8. The van der Waals surface area contributed by atoms with Gasteiger partial charge in [-0.15, -0.1) is 0 Å². The Labute approximate surface area is 284 Å². The van der Waals surface area contributed by atoms with E-state index >= 15 is 0 Å². The van der Waals surface area contributed by atoms with E-state index in [0.717, 1.165) is 0 Å². The van der Waals surface area contributed by atoms with Gasteiger partial charge in [-0.05, 0) is 23.3 Å². The first-order valence-corrected chi connectivity index (χ1v) is 13.5. The topological polar surface area (TPSA) is 216 Å². The second kappa shape index (κ2) is 12.4. The molecule has 0 fully saturated rings. The summed E-state index contributed by atoms with van der Waals surface area (Å²) >= 11 is 0. The molecule has 3 aromatic rings. The number of pyridine rings is 2. The predicted octanol–water partition coefficient (Wildman–Crippen LogP) is 7.03. The lowest BCUT2D eigenvalue weighted by molar-refractivity contribution is -0.142. The molecule has 2 aliphatic rings. The zero-order valence-corrected chi connectivity index (χ0v) is 24.8. The number of aromatic nitrogens is 2. The number of allylic oxidation sites excluding steroid dienone is 8. The molecule has 0 aliphatic heterocycles. The number of halogens is 8. The third-order valence-electron chi connectivity index (χ3n) is 7.64. The Bertz CT molecular complexity index is 2490. The largest absolute Gasteiger partial charge is 0.433 e. The highest BCUT2D eigenvalue weighted by atomic mass is 19.4. The standard InChI is InChI=1S/C34H4F8N10/c35-23-3-13(1-21(51-23)33(37,38)39)25-17(9-47)29-19(11-49)32-28(16(7-45)8-46)26(14-2-22(34(40,41)42)52-24(36)4-14)18(10-48)30(32)20(12-50)31(29)27(25)15(5-43)6-44/h1-4H. The van der Waals surface area contributed by atoms with Crippen LogP contribution in [0.2, 0.25) is 0 Å². The minimum absolute atomic E-state index is 0.253. The fraction of sp³-hybridized carbons (Fsp3) is 0.0588. The number of alkyl halides is 6. The fourth-order valence-corrected chi connectivity index (χ4v) is 5.87. The highest BCUT2D eigenvalue weighted by Crippen LogP contribution is 2.58. The zero-order chi connectivity index (χ0) is 38.4. The van der Waals surface area contributed by atoms with Gasteiger partial charge in [0.05, 0.1) is 22.3 Å². The van der Waals surface area contributed by atoms with Crippen molar-refractivity contribution in [2.45, 2.75) is 12.4 Å². The molecule has 1 aromatic carbocycles. The molecule has 0 spiro atoms. The molecule has 0 atom stereocenters. The number of benzene rings is 1. The maximum atomic E-state index is 14.6. The van der Waals surface area contributed by atoms with Gasteiger partial charge in [-0.25, -0.2) is 9.97 Å². The average Bonchev–Trinajstić information content (AvgIpc) is 3.61. The van der Waals surface area contributed by atoms with Crippen LogP contribution >= 0.6 is 0 Å². The molecule has 52 heavy (non-hydrogen) atoms. The van der Waals surface area contributed by atoms with Crippen LogP contribution < -0.4 is 0 Å². The Kier molecular flexibility index (Phi) is 8.37. The van der Waals surface area contributed by atoms with Crippen LogP contribution in [0.25, 0.3) is 33.4 Å². The highest BCUT2D eigenvalue weighted by molar-refractivity contribution is 6.32. The molecule has 18 heteroatoms. The molecule has 2 aromatic heterocycles. The molecule has 246 valence electrons. The lowest BCUT2D eigenvalue weighted by Gasteiger charge is -2.16. The van der Waals surface area contributed by atoms with Crippen LogP contribution in [-0.2, 0) is 12.4 Å². The molecule has 10 nitrogen and oxygen atoms in total. The lowest BCUT2D eigenvalue weighted by Crippen LogP contribution is -2.10. The molecule has 2 aliphatic carbocycles. The molecular formula is C34H4F8N10.